The number of rotatable bonds is 1. The first-order valence-electron chi connectivity index (χ1n) is 7.65. The van der Waals surface area contributed by atoms with E-state index in [0.717, 1.165) is 21.9 Å². The van der Waals surface area contributed by atoms with Crippen molar-refractivity contribution in [3.05, 3.63) is 89.2 Å². The Morgan fingerprint density at radius 3 is 2.48 bits per heavy atom. The number of phenolic OH excluding ortho intramolecular Hbond substituents is 1. The summed E-state index contributed by atoms with van der Waals surface area (Å²) < 4.78 is 0. The van der Waals surface area contributed by atoms with Crippen molar-refractivity contribution >= 4 is 22.4 Å². The standard InChI is InChI=1S/C21H16O2/c22-18-11-5-8-14-6-1-3-9-16(14)20(18)21-17-10-4-2-7-15(17)12-13-19(21)23/h1-10,12-13,22-23H,11H2. The number of aliphatic hydroxyl groups is 1. The van der Waals surface area contributed by atoms with Gasteiger partial charge < -0.3 is 10.2 Å². The molecule has 0 atom stereocenters. The van der Waals surface area contributed by atoms with Gasteiger partial charge in [0.1, 0.15) is 11.5 Å². The molecule has 2 nitrogen and oxygen atoms in total. The lowest BCUT2D eigenvalue weighted by atomic mass is 9.89. The number of aliphatic hydroxyl groups excluding tert-OH is 1. The van der Waals surface area contributed by atoms with Gasteiger partial charge in [-0.1, -0.05) is 66.7 Å². The molecule has 112 valence electrons. The fraction of sp³-hybridized carbons (Fsp3) is 0.0476. The van der Waals surface area contributed by atoms with E-state index in [1.54, 1.807) is 6.07 Å². The number of benzene rings is 3. The van der Waals surface area contributed by atoms with Crippen LogP contribution >= 0.6 is 0 Å². The van der Waals surface area contributed by atoms with Gasteiger partial charge in [0.15, 0.2) is 0 Å². The van der Waals surface area contributed by atoms with E-state index in [-0.39, 0.29) is 11.5 Å². The van der Waals surface area contributed by atoms with Gasteiger partial charge in [0.2, 0.25) is 0 Å². The lowest BCUT2D eigenvalue weighted by Gasteiger charge is -2.16. The van der Waals surface area contributed by atoms with Crippen LogP contribution in [0.5, 0.6) is 5.75 Å². The third-order valence-electron chi connectivity index (χ3n) is 4.28. The van der Waals surface area contributed by atoms with E-state index in [2.05, 4.69) is 0 Å². The second-order valence-electron chi connectivity index (χ2n) is 5.70. The molecule has 3 aromatic rings. The van der Waals surface area contributed by atoms with E-state index in [4.69, 9.17) is 0 Å². The summed E-state index contributed by atoms with van der Waals surface area (Å²) in [6.45, 7) is 0. The molecular formula is C21H16O2. The molecule has 0 aliphatic heterocycles. The molecule has 3 aromatic carbocycles. The van der Waals surface area contributed by atoms with Crippen molar-refractivity contribution in [2.45, 2.75) is 6.42 Å². The Bertz CT molecular complexity index is 964. The lowest BCUT2D eigenvalue weighted by Crippen LogP contribution is -1.97. The number of allylic oxidation sites excluding steroid dienone is 1. The number of hydrogen-bond acceptors (Lipinski definition) is 2. The number of aromatic hydroxyl groups is 1. The molecule has 1 aliphatic rings. The van der Waals surface area contributed by atoms with Gasteiger partial charge in [0, 0.05) is 17.6 Å². The zero-order valence-electron chi connectivity index (χ0n) is 12.5. The molecule has 23 heavy (non-hydrogen) atoms. The van der Waals surface area contributed by atoms with E-state index >= 15 is 0 Å². The summed E-state index contributed by atoms with van der Waals surface area (Å²) in [4.78, 5) is 0. The van der Waals surface area contributed by atoms with Gasteiger partial charge in [-0.3, -0.25) is 0 Å². The molecule has 0 radical (unpaired) electrons. The summed E-state index contributed by atoms with van der Waals surface area (Å²) >= 11 is 0. The molecule has 4 rings (SSSR count). The first-order chi connectivity index (χ1) is 11.3. The van der Waals surface area contributed by atoms with Crippen molar-refractivity contribution in [1.29, 1.82) is 0 Å². The fourth-order valence-corrected chi connectivity index (χ4v) is 3.23. The first-order valence-corrected chi connectivity index (χ1v) is 7.65. The van der Waals surface area contributed by atoms with Crippen LogP contribution in [0.2, 0.25) is 0 Å². The van der Waals surface area contributed by atoms with Crippen LogP contribution in [-0.4, -0.2) is 10.2 Å². The molecule has 2 N–H and O–H groups in total. The molecule has 0 bridgehead atoms. The molecule has 0 saturated carbocycles. The van der Waals surface area contributed by atoms with Gasteiger partial charge in [0.05, 0.1) is 0 Å². The first kappa shape index (κ1) is 13.6. The maximum atomic E-state index is 10.7. The van der Waals surface area contributed by atoms with Crippen LogP contribution in [0.1, 0.15) is 23.1 Å². The van der Waals surface area contributed by atoms with E-state index in [1.807, 2.05) is 66.7 Å². The summed E-state index contributed by atoms with van der Waals surface area (Å²) in [6.07, 6.45) is 4.41. The summed E-state index contributed by atoms with van der Waals surface area (Å²) in [5.41, 5.74) is 3.38. The Labute approximate surface area is 134 Å². The van der Waals surface area contributed by atoms with Crippen molar-refractivity contribution in [2.24, 2.45) is 0 Å². The van der Waals surface area contributed by atoms with Crippen LogP contribution in [0.25, 0.3) is 22.4 Å². The highest BCUT2D eigenvalue weighted by molar-refractivity contribution is 6.02. The zero-order valence-corrected chi connectivity index (χ0v) is 12.5. The summed E-state index contributed by atoms with van der Waals surface area (Å²) in [5.74, 6) is 0.458. The van der Waals surface area contributed by atoms with Crippen molar-refractivity contribution < 1.29 is 10.2 Å². The summed E-state index contributed by atoms with van der Waals surface area (Å²) in [6, 6.07) is 19.4. The minimum absolute atomic E-state index is 0.182. The Morgan fingerprint density at radius 1 is 0.783 bits per heavy atom. The second-order valence-corrected chi connectivity index (χ2v) is 5.70. The quantitative estimate of drug-likeness (QED) is 0.642. The molecule has 0 amide bonds. The van der Waals surface area contributed by atoms with Crippen LogP contribution in [0.3, 0.4) is 0 Å². The molecule has 0 saturated heterocycles. The third-order valence-corrected chi connectivity index (χ3v) is 4.28. The van der Waals surface area contributed by atoms with Gasteiger partial charge >= 0.3 is 0 Å². The van der Waals surface area contributed by atoms with Crippen LogP contribution in [-0.2, 0) is 0 Å². The lowest BCUT2D eigenvalue weighted by molar-refractivity contribution is 0.404. The summed E-state index contributed by atoms with van der Waals surface area (Å²) in [5, 5.41) is 23.2. The molecule has 0 fully saturated rings. The highest BCUT2D eigenvalue weighted by Gasteiger charge is 2.20. The number of hydrogen-bond donors (Lipinski definition) is 2. The number of fused-ring (bicyclic) bond motifs is 2. The van der Waals surface area contributed by atoms with Crippen molar-refractivity contribution in [1.82, 2.24) is 0 Å². The molecule has 0 heterocycles. The maximum absolute atomic E-state index is 10.7. The Balaban J connectivity index is 2.11. The average molecular weight is 300 g/mol. The molecule has 1 aliphatic carbocycles. The predicted molar refractivity (Wildman–Crippen MR) is 94.4 cm³/mol. The van der Waals surface area contributed by atoms with Crippen molar-refractivity contribution in [3.63, 3.8) is 0 Å². The number of phenols is 1. The Kier molecular flexibility index (Phi) is 3.16. The normalized spacial score (nSPS) is 13.9. The molecular weight excluding hydrogens is 284 g/mol. The fourth-order valence-electron chi connectivity index (χ4n) is 3.23. The van der Waals surface area contributed by atoms with Crippen molar-refractivity contribution in [3.8, 4) is 5.75 Å². The van der Waals surface area contributed by atoms with Crippen molar-refractivity contribution in [2.75, 3.05) is 0 Å². The zero-order chi connectivity index (χ0) is 15.8. The summed E-state index contributed by atoms with van der Waals surface area (Å²) in [7, 11) is 0. The minimum atomic E-state index is 0.182. The van der Waals surface area contributed by atoms with E-state index in [0.29, 0.717) is 17.6 Å². The van der Waals surface area contributed by atoms with Gasteiger partial charge in [0.25, 0.3) is 0 Å². The van der Waals surface area contributed by atoms with Gasteiger partial charge in [-0.2, -0.15) is 0 Å². The molecule has 0 spiro atoms. The third kappa shape index (κ3) is 2.20. The molecule has 0 unspecified atom stereocenters. The molecule has 2 heteroatoms. The molecule has 0 aromatic heterocycles. The van der Waals surface area contributed by atoms with Crippen LogP contribution in [0.15, 0.2) is 72.5 Å². The minimum Gasteiger partial charge on any atom is -0.511 e. The van der Waals surface area contributed by atoms with E-state index < -0.39 is 0 Å². The van der Waals surface area contributed by atoms with E-state index in [9.17, 15) is 10.2 Å². The second kappa shape index (κ2) is 5.33. The Hall–Kier alpha value is -3.00. The van der Waals surface area contributed by atoms with Crippen LogP contribution < -0.4 is 0 Å². The SMILES string of the molecule is OC1=C(c2c(O)ccc3ccccc23)c2ccccc2C=CC1. The predicted octanol–water partition coefficient (Wildman–Crippen LogP) is 5.28. The smallest absolute Gasteiger partial charge is 0.124 e. The topological polar surface area (TPSA) is 40.5 Å². The highest BCUT2D eigenvalue weighted by Crippen LogP contribution is 2.40. The maximum Gasteiger partial charge on any atom is 0.124 e. The monoisotopic (exact) mass is 300 g/mol. The van der Waals surface area contributed by atoms with Gasteiger partial charge in [-0.15, -0.1) is 0 Å². The largest absolute Gasteiger partial charge is 0.511 e. The van der Waals surface area contributed by atoms with Gasteiger partial charge in [-0.05, 0) is 28.0 Å². The average Bonchev–Trinajstić information content (AvgIpc) is 2.74. The Morgan fingerprint density at radius 2 is 1.57 bits per heavy atom. The van der Waals surface area contributed by atoms with Gasteiger partial charge in [-0.25, -0.2) is 0 Å². The highest BCUT2D eigenvalue weighted by atomic mass is 16.3. The van der Waals surface area contributed by atoms with Crippen LogP contribution in [0.4, 0.5) is 0 Å². The van der Waals surface area contributed by atoms with Crippen LogP contribution in [0, 0.1) is 0 Å². The van der Waals surface area contributed by atoms with E-state index in [1.165, 1.54) is 0 Å².